The zero-order valence-electron chi connectivity index (χ0n) is 11.3. The molecule has 0 aromatic heterocycles. The second-order valence-electron chi connectivity index (χ2n) is 4.97. The molecule has 0 aromatic carbocycles. The Balaban J connectivity index is 2.83. The van der Waals surface area contributed by atoms with Gasteiger partial charge in [-0.25, -0.2) is 0 Å². The van der Waals surface area contributed by atoms with E-state index >= 15 is 0 Å². The van der Waals surface area contributed by atoms with Crippen molar-refractivity contribution >= 4 is 9.52 Å². The number of unbranched alkanes of at least 4 members (excludes halogenated alkanes) is 8. The first kappa shape index (κ1) is 16.2. The van der Waals surface area contributed by atoms with E-state index in [1.165, 1.54) is 57.8 Å². The van der Waals surface area contributed by atoms with E-state index in [4.69, 9.17) is 5.11 Å². The summed E-state index contributed by atoms with van der Waals surface area (Å²) in [5.74, 6) is 0. The second-order valence-corrected chi connectivity index (χ2v) is 7.09. The molecular formula is C14H32OSi. The molecule has 1 nitrogen and oxygen atoms in total. The summed E-state index contributed by atoms with van der Waals surface area (Å²) in [6.45, 7) is 2.67. The van der Waals surface area contributed by atoms with E-state index < -0.39 is 0 Å². The molecule has 16 heavy (non-hydrogen) atoms. The summed E-state index contributed by atoms with van der Waals surface area (Å²) >= 11 is 0. The molecule has 0 saturated carbocycles. The van der Waals surface area contributed by atoms with Crippen molar-refractivity contribution in [2.24, 2.45) is 0 Å². The third kappa shape index (κ3) is 14.2. The van der Waals surface area contributed by atoms with Crippen molar-refractivity contribution in [2.75, 3.05) is 6.61 Å². The van der Waals surface area contributed by atoms with E-state index in [0.29, 0.717) is 6.61 Å². The second kappa shape index (κ2) is 15.2. The van der Waals surface area contributed by atoms with Gasteiger partial charge in [0.15, 0.2) is 0 Å². The predicted octanol–water partition coefficient (Wildman–Crippen LogP) is 3.91. The molecule has 0 bridgehead atoms. The SMILES string of the molecule is CCCCCCCC[SiH2]CCCCCCO. The topological polar surface area (TPSA) is 20.2 Å². The molecule has 1 N–H and O–H groups in total. The minimum atomic E-state index is 0.275. The summed E-state index contributed by atoms with van der Waals surface area (Å²) < 4.78 is 0. The van der Waals surface area contributed by atoms with Crippen molar-refractivity contribution in [3.05, 3.63) is 0 Å². The molecule has 0 amide bonds. The molecule has 0 radical (unpaired) electrons. The van der Waals surface area contributed by atoms with Crippen molar-refractivity contribution in [3.8, 4) is 0 Å². The lowest BCUT2D eigenvalue weighted by molar-refractivity contribution is 0.283. The first-order chi connectivity index (χ1) is 7.91. The molecule has 0 rings (SSSR count). The fourth-order valence-electron chi connectivity index (χ4n) is 2.13. The van der Waals surface area contributed by atoms with Gasteiger partial charge >= 0.3 is 0 Å². The summed E-state index contributed by atoms with van der Waals surface area (Å²) in [7, 11) is 0.275. The van der Waals surface area contributed by atoms with Crippen molar-refractivity contribution in [1.29, 1.82) is 0 Å². The Morgan fingerprint density at radius 1 is 0.688 bits per heavy atom. The van der Waals surface area contributed by atoms with E-state index in [0.717, 1.165) is 6.42 Å². The van der Waals surface area contributed by atoms with Gasteiger partial charge in [-0.05, 0) is 6.42 Å². The van der Waals surface area contributed by atoms with Crippen LogP contribution < -0.4 is 0 Å². The number of hydrogen-bond donors (Lipinski definition) is 1. The van der Waals surface area contributed by atoms with Gasteiger partial charge in [-0.2, -0.15) is 0 Å². The average Bonchev–Trinajstić information content (AvgIpc) is 2.31. The normalized spacial score (nSPS) is 11.6. The van der Waals surface area contributed by atoms with Crippen molar-refractivity contribution < 1.29 is 5.11 Å². The molecule has 0 aliphatic rings. The van der Waals surface area contributed by atoms with E-state index in [-0.39, 0.29) is 9.52 Å². The zero-order valence-corrected chi connectivity index (χ0v) is 12.8. The standard InChI is InChI=1S/C14H32OSi/c1-2-3-4-5-7-10-13-16-14-11-8-6-9-12-15/h15H,2-14,16H2,1H3. The van der Waals surface area contributed by atoms with Gasteiger partial charge < -0.3 is 5.11 Å². The number of aliphatic hydroxyl groups excluding tert-OH is 1. The molecule has 0 atom stereocenters. The molecule has 0 aromatic rings. The van der Waals surface area contributed by atoms with Crippen LogP contribution in [0.2, 0.25) is 12.1 Å². The van der Waals surface area contributed by atoms with Crippen LogP contribution in [0.3, 0.4) is 0 Å². The lowest BCUT2D eigenvalue weighted by Crippen LogP contribution is -1.90. The third-order valence-electron chi connectivity index (χ3n) is 3.26. The van der Waals surface area contributed by atoms with Crippen LogP contribution in [0, 0.1) is 0 Å². The predicted molar refractivity (Wildman–Crippen MR) is 77.1 cm³/mol. The molecule has 0 unspecified atom stereocenters. The highest BCUT2D eigenvalue weighted by atomic mass is 28.2. The maximum atomic E-state index is 8.64. The van der Waals surface area contributed by atoms with Crippen molar-refractivity contribution in [1.82, 2.24) is 0 Å². The Kier molecular flexibility index (Phi) is 15.3. The van der Waals surface area contributed by atoms with Gasteiger partial charge in [0.2, 0.25) is 0 Å². The summed E-state index contributed by atoms with van der Waals surface area (Å²) in [5.41, 5.74) is 0. The van der Waals surface area contributed by atoms with Gasteiger partial charge in [-0.15, -0.1) is 0 Å². The smallest absolute Gasteiger partial charge is 0.0431 e. The van der Waals surface area contributed by atoms with Crippen LogP contribution in [0.5, 0.6) is 0 Å². The minimum absolute atomic E-state index is 0.275. The highest BCUT2D eigenvalue weighted by Gasteiger charge is 1.93. The number of rotatable bonds is 13. The highest BCUT2D eigenvalue weighted by Crippen LogP contribution is 2.09. The van der Waals surface area contributed by atoms with Crippen LogP contribution >= 0.6 is 0 Å². The molecule has 0 heterocycles. The zero-order chi connectivity index (χ0) is 11.9. The fourth-order valence-corrected chi connectivity index (χ4v) is 3.90. The molecule has 0 saturated heterocycles. The highest BCUT2D eigenvalue weighted by molar-refractivity contribution is 6.35. The quantitative estimate of drug-likeness (QED) is 0.385. The summed E-state index contributed by atoms with van der Waals surface area (Å²) in [4.78, 5) is 0. The molecule has 98 valence electrons. The van der Waals surface area contributed by atoms with Crippen LogP contribution in [-0.4, -0.2) is 21.2 Å². The maximum absolute atomic E-state index is 8.64. The molecule has 0 aliphatic carbocycles. The minimum Gasteiger partial charge on any atom is -0.396 e. The van der Waals surface area contributed by atoms with Gasteiger partial charge in [0, 0.05) is 16.1 Å². The van der Waals surface area contributed by atoms with E-state index in [1.54, 1.807) is 12.1 Å². The Bertz CT molecular complexity index is 103. The first-order valence-corrected chi connectivity index (χ1v) is 9.52. The monoisotopic (exact) mass is 244 g/mol. The van der Waals surface area contributed by atoms with Crippen molar-refractivity contribution in [3.63, 3.8) is 0 Å². The molecule has 2 heteroatoms. The summed E-state index contributed by atoms with van der Waals surface area (Å²) in [6.07, 6.45) is 13.7. The molecule has 0 aliphatic heterocycles. The summed E-state index contributed by atoms with van der Waals surface area (Å²) in [6, 6.07) is 3.12. The maximum Gasteiger partial charge on any atom is 0.0431 e. The largest absolute Gasteiger partial charge is 0.396 e. The Morgan fingerprint density at radius 3 is 1.75 bits per heavy atom. The van der Waals surface area contributed by atoms with Gasteiger partial charge in [-0.1, -0.05) is 76.8 Å². The van der Waals surface area contributed by atoms with Gasteiger partial charge in [-0.3, -0.25) is 0 Å². The molecule has 0 spiro atoms. The van der Waals surface area contributed by atoms with Crippen LogP contribution in [0.4, 0.5) is 0 Å². The average molecular weight is 244 g/mol. The first-order valence-electron chi connectivity index (χ1n) is 7.52. The van der Waals surface area contributed by atoms with Gasteiger partial charge in [0.25, 0.3) is 0 Å². The lowest BCUT2D eigenvalue weighted by atomic mass is 10.1. The fraction of sp³-hybridized carbons (Fsp3) is 1.00. The molecular weight excluding hydrogens is 212 g/mol. The van der Waals surface area contributed by atoms with E-state index in [9.17, 15) is 0 Å². The van der Waals surface area contributed by atoms with Gasteiger partial charge in [0.05, 0.1) is 0 Å². The van der Waals surface area contributed by atoms with E-state index in [2.05, 4.69) is 6.92 Å². The Hall–Kier alpha value is 0.177. The van der Waals surface area contributed by atoms with Gasteiger partial charge in [0.1, 0.15) is 0 Å². The van der Waals surface area contributed by atoms with Crippen LogP contribution in [0.15, 0.2) is 0 Å². The van der Waals surface area contributed by atoms with Crippen LogP contribution in [0.25, 0.3) is 0 Å². The summed E-state index contributed by atoms with van der Waals surface area (Å²) in [5, 5.41) is 8.64. The van der Waals surface area contributed by atoms with Crippen molar-refractivity contribution in [2.45, 2.75) is 83.2 Å². The van der Waals surface area contributed by atoms with E-state index in [1.807, 2.05) is 0 Å². The van der Waals surface area contributed by atoms with Crippen LogP contribution in [-0.2, 0) is 0 Å². The molecule has 0 fully saturated rings. The third-order valence-corrected chi connectivity index (χ3v) is 5.26. The lowest BCUT2D eigenvalue weighted by Gasteiger charge is -2.01. The Morgan fingerprint density at radius 2 is 1.19 bits per heavy atom. The number of hydrogen-bond acceptors (Lipinski definition) is 1. The number of aliphatic hydroxyl groups is 1. The Labute approximate surface area is 105 Å². The van der Waals surface area contributed by atoms with Crippen LogP contribution in [0.1, 0.15) is 71.1 Å².